The highest BCUT2D eigenvalue weighted by atomic mass is 16.5. The van der Waals surface area contributed by atoms with E-state index in [1.807, 2.05) is 0 Å². The lowest BCUT2D eigenvalue weighted by Crippen LogP contribution is -2.08. The Bertz CT molecular complexity index is 465. The molecule has 0 bridgehead atoms. The molecule has 0 fully saturated rings. The van der Waals surface area contributed by atoms with Gasteiger partial charge in [-0.05, 0) is 6.42 Å². The van der Waals surface area contributed by atoms with E-state index in [4.69, 9.17) is 14.2 Å². The molecule has 0 unspecified atom stereocenters. The molecular formula is C19H31N3O3. The molecule has 0 saturated carbocycles. The molecule has 1 aromatic rings. The highest BCUT2D eigenvalue weighted by Crippen LogP contribution is 2.15. The molecule has 0 aliphatic carbocycles. The van der Waals surface area contributed by atoms with Crippen molar-refractivity contribution in [2.24, 2.45) is 0 Å². The first-order chi connectivity index (χ1) is 12.3. The lowest BCUT2D eigenvalue weighted by atomic mass is 10.1. The summed E-state index contributed by atoms with van der Waals surface area (Å²) >= 11 is 0. The van der Waals surface area contributed by atoms with Crippen molar-refractivity contribution in [1.29, 1.82) is 0 Å². The van der Waals surface area contributed by atoms with Gasteiger partial charge in [-0.1, -0.05) is 77.2 Å². The highest BCUT2D eigenvalue weighted by Gasteiger charge is 2.09. The number of nitrogens with zero attached hydrogens (tertiary/aromatic N) is 3. The quantitative estimate of drug-likeness (QED) is 0.323. The van der Waals surface area contributed by atoms with Gasteiger partial charge in [0, 0.05) is 0 Å². The number of hydrogen-bond acceptors (Lipinski definition) is 6. The maximum atomic E-state index is 5.62. The fourth-order valence-corrected chi connectivity index (χ4v) is 2.18. The molecule has 0 aliphatic heterocycles. The predicted molar refractivity (Wildman–Crippen MR) is 99.3 cm³/mol. The Morgan fingerprint density at radius 1 is 0.680 bits per heavy atom. The van der Waals surface area contributed by atoms with Crippen LogP contribution in [0.15, 0.2) is 25.3 Å². The second-order valence-electron chi connectivity index (χ2n) is 5.71. The minimum atomic E-state index is 0.167. The van der Waals surface area contributed by atoms with Crippen molar-refractivity contribution < 1.29 is 14.2 Å². The van der Waals surface area contributed by atoms with Gasteiger partial charge in [0.2, 0.25) is 0 Å². The van der Waals surface area contributed by atoms with Crippen molar-refractivity contribution in [3.05, 3.63) is 25.3 Å². The predicted octanol–water partition coefficient (Wildman–Crippen LogP) is 4.52. The third-order valence-corrected chi connectivity index (χ3v) is 3.46. The molecule has 0 saturated heterocycles. The number of unbranched alkanes of at least 4 members (excludes halogenated alkanes) is 7. The number of hydrogen-bond donors (Lipinski definition) is 0. The van der Waals surface area contributed by atoms with Crippen molar-refractivity contribution in [3.8, 4) is 18.0 Å². The smallest absolute Gasteiger partial charge is 0.326 e. The van der Waals surface area contributed by atoms with E-state index in [0.717, 1.165) is 12.8 Å². The Labute approximate surface area is 151 Å². The zero-order valence-electron chi connectivity index (χ0n) is 15.4. The number of rotatable bonds is 16. The van der Waals surface area contributed by atoms with Crippen LogP contribution in [0.4, 0.5) is 0 Å². The average molecular weight is 349 g/mol. The fourth-order valence-electron chi connectivity index (χ4n) is 2.18. The van der Waals surface area contributed by atoms with E-state index in [1.165, 1.54) is 38.5 Å². The molecule has 1 heterocycles. The summed E-state index contributed by atoms with van der Waals surface area (Å²) in [6, 6.07) is 0.552. The second kappa shape index (κ2) is 14.3. The molecule has 0 radical (unpaired) electrons. The van der Waals surface area contributed by atoms with Gasteiger partial charge in [-0.2, -0.15) is 0 Å². The molecule has 6 nitrogen and oxygen atoms in total. The summed E-state index contributed by atoms with van der Waals surface area (Å²) in [5, 5.41) is 0. The highest BCUT2D eigenvalue weighted by molar-refractivity contribution is 5.09. The van der Waals surface area contributed by atoms with Gasteiger partial charge in [0.15, 0.2) is 0 Å². The normalized spacial score (nSPS) is 10.3. The van der Waals surface area contributed by atoms with Gasteiger partial charge in [-0.15, -0.1) is 15.0 Å². The lowest BCUT2D eigenvalue weighted by Gasteiger charge is -2.08. The molecule has 0 spiro atoms. The van der Waals surface area contributed by atoms with E-state index in [9.17, 15) is 0 Å². The minimum Gasteiger partial charge on any atom is -0.463 e. The molecule has 0 amide bonds. The number of ether oxygens (including phenoxy) is 3. The average Bonchev–Trinajstić information content (AvgIpc) is 2.63. The molecule has 25 heavy (non-hydrogen) atoms. The van der Waals surface area contributed by atoms with Gasteiger partial charge in [0.1, 0.15) is 13.2 Å². The van der Waals surface area contributed by atoms with Crippen LogP contribution in [0.25, 0.3) is 0 Å². The van der Waals surface area contributed by atoms with Crippen LogP contribution in [-0.4, -0.2) is 34.8 Å². The Morgan fingerprint density at radius 2 is 1.12 bits per heavy atom. The van der Waals surface area contributed by atoms with Crippen LogP contribution in [0.2, 0.25) is 0 Å². The minimum absolute atomic E-state index is 0.167. The Morgan fingerprint density at radius 3 is 1.60 bits per heavy atom. The molecule has 0 atom stereocenters. The molecule has 1 aromatic heterocycles. The first kappa shape index (κ1) is 20.9. The molecule has 0 aromatic carbocycles. The van der Waals surface area contributed by atoms with Crippen molar-refractivity contribution in [3.63, 3.8) is 0 Å². The van der Waals surface area contributed by atoms with Gasteiger partial charge in [0.25, 0.3) is 0 Å². The summed E-state index contributed by atoms with van der Waals surface area (Å²) in [4.78, 5) is 12.3. The first-order valence-electron chi connectivity index (χ1n) is 9.16. The Kier molecular flexibility index (Phi) is 11.9. The standard InChI is InChI=1S/C19H31N3O3/c1-4-7-8-9-10-11-12-13-16-25-19-21-17(23-14-5-2)20-18(22-19)24-15-6-3/h5-6H,2-4,7-16H2,1H3. The van der Waals surface area contributed by atoms with E-state index in [1.54, 1.807) is 12.2 Å². The molecule has 6 heteroatoms. The summed E-state index contributed by atoms with van der Waals surface area (Å²) in [5.41, 5.74) is 0. The molecule has 1 rings (SSSR count). The maximum Gasteiger partial charge on any atom is 0.326 e. The zero-order chi connectivity index (χ0) is 18.2. The molecule has 140 valence electrons. The van der Waals surface area contributed by atoms with Crippen molar-refractivity contribution in [2.45, 2.75) is 58.3 Å². The van der Waals surface area contributed by atoms with Gasteiger partial charge in [0.05, 0.1) is 6.61 Å². The van der Waals surface area contributed by atoms with Crippen LogP contribution in [-0.2, 0) is 0 Å². The molecule has 0 N–H and O–H groups in total. The van der Waals surface area contributed by atoms with Crippen molar-refractivity contribution in [1.82, 2.24) is 15.0 Å². The van der Waals surface area contributed by atoms with E-state index < -0.39 is 0 Å². The van der Waals surface area contributed by atoms with E-state index in [0.29, 0.717) is 19.8 Å². The van der Waals surface area contributed by atoms with Crippen LogP contribution in [0.3, 0.4) is 0 Å². The second-order valence-corrected chi connectivity index (χ2v) is 5.71. The fraction of sp³-hybridized carbons (Fsp3) is 0.632. The van der Waals surface area contributed by atoms with Gasteiger partial charge < -0.3 is 14.2 Å². The van der Waals surface area contributed by atoms with Gasteiger partial charge >= 0.3 is 18.0 Å². The van der Waals surface area contributed by atoms with Crippen LogP contribution in [0.5, 0.6) is 18.0 Å². The zero-order valence-corrected chi connectivity index (χ0v) is 15.4. The summed E-state index contributed by atoms with van der Waals surface area (Å²) < 4.78 is 16.3. The van der Waals surface area contributed by atoms with Crippen LogP contribution in [0.1, 0.15) is 58.3 Å². The summed E-state index contributed by atoms with van der Waals surface area (Å²) in [5.74, 6) is 0. The monoisotopic (exact) mass is 349 g/mol. The van der Waals surface area contributed by atoms with E-state index >= 15 is 0 Å². The van der Waals surface area contributed by atoms with E-state index in [2.05, 4.69) is 35.0 Å². The SMILES string of the molecule is C=CCOc1nc(OCC=C)nc(OCCCCCCCCCC)n1. The van der Waals surface area contributed by atoms with Crippen molar-refractivity contribution in [2.75, 3.05) is 19.8 Å². The van der Waals surface area contributed by atoms with E-state index in [-0.39, 0.29) is 18.0 Å². The summed E-state index contributed by atoms with van der Waals surface area (Å²) in [7, 11) is 0. The van der Waals surface area contributed by atoms with Gasteiger partial charge in [-0.3, -0.25) is 0 Å². The Balaban J connectivity index is 2.34. The lowest BCUT2D eigenvalue weighted by molar-refractivity contribution is 0.248. The summed E-state index contributed by atoms with van der Waals surface area (Å²) in [6.45, 7) is 10.6. The first-order valence-corrected chi connectivity index (χ1v) is 9.16. The third-order valence-electron chi connectivity index (χ3n) is 3.46. The number of aromatic nitrogens is 3. The van der Waals surface area contributed by atoms with Crippen molar-refractivity contribution >= 4 is 0 Å². The molecular weight excluding hydrogens is 318 g/mol. The van der Waals surface area contributed by atoms with Gasteiger partial charge in [-0.25, -0.2) is 0 Å². The topological polar surface area (TPSA) is 66.4 Å². The molecule has 0 aliphatic rings. The Hall–Kier alpha value is -2.11. The van der Waals surface area contributed by atoms with Crippen LogP contribution >= 0.6 is 0 Å². The van der Waals surface area contributed by atoms with Crippen LogP contribution < -0.4 is 14.2 Å². The maximum absolute atomic E-state index is 5.62. The largest absolute Gasteiger partial charge is 0.463 e. The third kappa shape index (κ3) is 10.4. The van der Waals surface area contributed by atoms with Crippen LogP contribution in [0, 0.1) is 0 Å². The summed E-state index contributed by atoms with van der Waals surface area (Å²) in [6.07, 6.45) is 13.2.